The minimum atomic E-state index is -0.931. The molecule has 0 unspecified atom stereocenters. The molecule has 2 rings (SSSR count). The number of fused-ring (bicyclic) bond motifs is 1. The average Bonchev–Trinajstić information content (AvgIpc) is 2.46. The van der Waals surface area contributed by atoms with Gasteiger partial charge in [0.25, 0.3) is 0 Å². The van der Waals surface area contributed by atoms with Gasteiger partial charge < -0.3 is 20.3 Å². The van der Waals surface area contributed by atoms with Crippen molar-refractivity contribution in [3.63, 3.8) is 0 Å². The summed E-state index contributed by atoms with van der Waals surface area (Å²) < 4.78 is 5.17. The van der Waals surface area contributed by atoms with Crippen LogP contribution in [0.25, 0.3) is 10.8 Å². The first-order chi connectivity index (χ1) is 9.74. The first kappa shape index (κ1) is 14.3. The van der Waals surface area contributed by atoms with E-state index in [4.69, 9.17) is 9.84 Å². The van der Waals surface area contributed by atoms with Crippen LogP contribution >= 0.6 is 0 Å². The van der Waals surface area contributed by atoms with Crippen molar-refractivity contribution in [3.8, 4) is 0 Å². The molecule has 0 aliphatic heterocycles. The Balaban J connectivity index is 2.18. The molecule has 2 aromatic rings. The number of rotatable bonds is 7. The first-order valence-corrected chi connectivity index (χ1v) is 6.41. The van der Waals surface area contributed by atoms with Crippen LogP contribution < -0.4 is 5.32 Å². The predicted octanol–water partition coefficient (Wildman–Crippen LogP) is 1.96. The highest BCUT2D eigenvalue weighted by Gasteiger charge is 2.10. The fraction of sp³-hybridized carbons (Fsp3) is 0.267. The van der Waals surface area contributed by atoms with Crippen LogP contribution in [0, 0.1) is 0 Å². The van der Waals surface area contributed by atoms with Crippen molar-refractivity contribution in [1.82, 2.24) is 0 Å². The summed E-state index contributed by atoms with van der Waals surface area (Å²) >= 11 is 0. The molecule has 0 aromatic heterocycles. The van der Waals surface area contributed by atoms with Gasteiger partial charge in [-0.1, -0.05) is 24.3 Å². The lowest BCUT2D eigenvalue weighted by molar-refractivity contribution is 0.0699. The Kier molecular flexibility index (Phi) is 4.92. The Bertz CT molecular complexity index is 597. The van der Waals surface area contributed by atoms with Crippen LogP contribution in [0.2, 0.25) is 0 Å². The van der Waals surface area contributed by atoms with Gasteiger partial charge in [-0.25, -0.2) is 4.79 Å². The van der Waals surface area contributed by atoms with E-state index in [0.29, 0.717) is 30.7 Å². The zero-order valence-electron chi connectivity index (χ0n) is 11.0. The van der Waals surface area contributed by atoms with Gasteiger partial charge in [-0.3, -0.25) is 0 Å². The van der Waals surface area contributed by atoms with Crippen molar-refractivity contribution in [1.29, 1.82) is 0 Å². The molecule has 106 valence electrons. The smallest absolute Gasteiger partial charge is 0.336 e. The normalized spacial score (nSPS) is 10.7. The molecule has 0 radical (unpaired) electrons. The number of hydrogen-bond donors (Lipinski definition) is 3. The lowest BCUT2D eigenvalue weighted by Crippen LogP contribution is -2.11. The van der Waals surface area contributed by atoms with Crippen LogP contribution in [-0.2, 0) is 4.74 Å². The van der Waals surface area contributed by atoms with Gasteiger partial charge >= 0.3 is 5.97 Å². The summed E-state index contributed by atoms with van der Waals surface area (Å²) in [6, 6.07) is 10.7. The molecule has 5 nitrogen and oxygen atoms in total. The second-order valence-electron chi connectivity index (χ2n) is 4.27. The number of carboxylic acids is 1. The van der Waals surface area contributed by atoms with E-state index in [0.717, 1.165) is 11.1 Å². The van der Waals surface area contributed by atoms with E-state index in [1.54, 1.807) is 18.2 Å². The molecule has 0 aliphatic rings. The van der Waals surface area contributed by atoms with Crippen molar-refractivity contribution in [2.75, 3.05) is 31.7 Å². The van der Waals surface area contributed by atoms with E-state index >= 15 is 0 Å². The second kappa shape index (κ2) is 6.88. The third kappa shape index (κ3) is 3.26. The summed E-state index contributed by atoms with van der Waals surface area (Å²) in [6.07, 6.45) is 0. The van der Waals surface area contributed by atoms with E-state index in [1.165, 1.54) is 0 Å². The fourth-order valence-corrected chi connectivity index (χ4v) is 2.06. The highest BCUT2D eigenvalue weighted by molar-refractivity contribution is 6.07. The van der Waals surface area contributed by atoms with Gasteiger partial charge in [-0.15, -0.1) is 0 Å². The molecule has 5 heteroatoms. The zero-order chi connectivity index (χ0) is 14.4. The molecule has 0 atom stereocenters. The summed E-state index contributed by atoms with van der Waals surface area (Å²) in [6.45, 7) is 1.41. The summed E-state index contributed by atoms with van der Waals surface area (Å²) in [4.78, 5) is 11.2. The number of ether oxygens (including phenoxy) is 1. The summed E-state index contributed by atoms with van der Waals surface area (Å²) in [5.41, 5.74) is 1.17. The van der Waals surface area contributed by atoms with Crippen LogP contribution in [0.3, 0.4) is 0 Å². The molecule has 0 amide bonds. The minimum absolute atomic E-state index is 0.0102. The Morgan fingerprint density at radius 2 is 1.85 bits per heavy atom. The number of hydrogen-bond acceptors (Lipinski definition) is 4. The average molecular weight is 275 g/mol. The van der Waals surface area contributed by atoms with E-state index in [9.17, 15) is 9.90 Å². The molecule has 20 heavy (non-hydrogen) atoms. The van der Waals surface area contributed by atoms with Gasteiger partial charge in [0.05, 0.1) is 25.4 Å². The molecule has 0 saturated carbocycles. The third-order valence-corrected chi connectivity index (χ3v) is 2.95. The summed E-state index contributed by atoms with van der Waals surface area (Å²) in [5, 5.41) is 22.6. The molecule has 2 aromatic carbocycles. The first-order valence-electron chi connectivity index (χ1n) is 6.41. The Morgan fingerprint density at radius 1 is 1.10 bits per heavy atom. The largest absolute Gasteiger partial charge is 0.478 e. The maximum Gasteiger partial charge on any atom is 0.336 e. The number of carbonyl (C=O) groups is 1. The van der Waals surface area contributed by atoms with Crippen molar-refractivity contribution in [2.24, 2.45) is 0 Å². The van der Waals surface area contributed by atoms with Gasteiger partial charge in [-0.2, -0.15) is 0 Å². The molecule has 0 heterocycles. The van der Waals surface area contributed by atoms with Crippen LogP contribution in [0.5, 0.6) is 0 Å². The van der Waals surface area contributed by atoms with E-state index in [1.807, 2.05) is 18.2 Å². The number of aliphatic hydroxyl groups is 1. The number of aromatic carboxylic acids is 1. The van der Waals surface area contributed by atoms with E-state index in [-0.39, 0.29) is 6.61 Å². The Hall–Kier alpha value is -2.11. The molecule has 0 spiro atoms. The van der Waals surface area contributed by atoms with Crippen molar-refractivity contribution in [3.05, 3.63) is 42.0 Å². The van der Waals surface area contributed by atoms with Crippen molar-refractivity contribution < 1.29 is 19.7 Å². The summed E-state index contributed by atoms with van der Waals surface area (Å²) in [7, 11) is 0. The maximum atomic E-state index is 11.2. The van der Waals surface area contributed by atoms with Crippen LogP contribution in [-0.4, -0.2) is 42.5 Å². The second-order valence-corrected chi connectivity index (χ2v) is 4.27. The number of aliphatic hydroxyl groups excluding tert-OH is 1. The fourth-order valence-electron chi connectivity index (χ4n) is 2.06. The quantitative estimate of drug-likeness (QED) is 0.673. The predicted molar refractivity (Wildman–Crippen MR) is 77.3 cm³/mol. The Morgan fingerprint density at radius 3 is 2.55 bits per heavy atom. The molecular weight excluding hydrogens is 258 g/mol. The number of nitrogens with one attached hydrogen (secondary N) is 1. The lowest BCUT2D eigenvalue weighted by atomic mass is 10.0. The Labute approximate surface area is 116 Å². The van der Waals surface area contributed by atoms with Gasteiger partial charge in [0.15, 0.2) is 0 Å². The number of carboxylic acid groups (broad SMARTS) is 1. The van der Waals surface area contributed by atoms with Crippen LogP contribution in [0.15, 0.2) is 36.4 Å². The van der Waals surface area contributed by atoms with Crippen molar-refractivity contribution in [2.45, 2.75) is 0 Å². The molecule has 0 fully saturated rings. The molecule has 0 bridgehead atoms. The maximum absolute atomic E-state index is 11.2. The minimum Gasteiger partial charge on any atom is -0.478 e. The van der Waals surface area contributed by atoms with Gasteiger partial charge in [-0.05, 0) is 17.5 Å². The number of anilines is 1. The SMILES string of the molecule is O=C(O)c1ccc(NCCOCCO)c2ccccc12. The monoisotopic (exact) mass is 275 g/mol. The number of benzene rings is 2. The van der Waals surface area contributed by atoms with Gasteiger partial charge in [0.1, 0.15) is 0 Å². The molecule has 3 N–H and O–H groups in total. The molecule has 0 aliphatic carbocycles. The lowest BCUT2D eigenvalue weighted by Gasteiger charge is -2.11. The highest BCUT2D eigenvalue weighted by Crippen LogP contribution is 2.26. The van der Waals surface area contributed by atoms with Crippen LogP contribution in [0.4, 0.5) is 5.69 Å². The highest BCUT2D eigenvalue weighted by atomic mass is 16.5. The van der Waals surface area contributed by atoms with Gasteiger partial charge in [0, 0.05) is 17.6 Å². The molecule has 0 saturated heterocycles. The van der Waals surface area contributed by atoms with Crippen molar-refractivity contribution >= 4 is 22.4 Å². The third-order valence-electron chi connectivity index (χ3n) is 2.95. The van der Waals surface area contributed by atoms with Crippen LogP contribution in [0.1, 0.15) is 10.4 Å². The zero-order valence-corrected chi connectivity index (χ0v) is 11.0. The standard InChI is InChI=1S/C15H17NO4/c17-8-10-20-9-7-16-14-6-5-13(15(18)19)11-3-1-2-4-12(11)14/h1-6,16-17H,7-10H2,(H,18,19). The van der Waals surface area contributed by atoms with Gasteiger partial charge in [0.2, 0.25) is 0 Å². The summed E-state index contributed by atoms with van der Waals surface area (Å²) in [5.74, 6) is -0.931. The van der Waals surface area contributed by atoms with E-state index < -0.39 is 5.97 Å². The van der Waals surface area contributed by atoms with E-state index in [2.05, 4.69) is 5.32 Å². The molecular formula is C15H17NO4. The topological polar surface area (TPSA) is 78.8 Å².